The van der Waals surface area contributed by atoms with Crippen LogP contribution < -0.4 is 10.2 Å². The molecule has 0 bridgehead atoms. The Morgan fingerprint density at radius 3 is 2.78 bits per heavy atom. The fourth-order valence-electron chi connectivity index (χ4n) is 3.26. The van der Waals surface area contributed by atoms with Gasteiger partial charge in [-0.1, -0.05) is 11.6 Å². The molecule has 0 spiro atoms. The molecule has 1 amide bonds. The lowest BCUT2D eigenvalue weighted by molar-refractivity contribution is 0.174. The summed E-state index contributed by atoms with van der Waals surface area (Å²) < 4.78 is 48.1. The average molecular weight is 467 g/mol. The van der Waals surface area contributed by atoms with E-state index < -0.39 is 36.0 Å². The summed E-state index contributed by atoms with van der Waals surface area (Å²) in [4.78, 5) is 25.8. The number of hydrogen-bond donors (Lipinski definition) is 1. The van der Waals surface area contributed by atoms with Crippen molar-refractivity contribution in [1.82, 2.24) is 19.5 Å². The number of aromatic nitrogens is 4. The van der Waals surface area contributed by atoms with Crippen LogP contribution >= 0.6 is 11.6 Å². The van der Waals surface area contributed by atoms with E-state index in [4.69, 9.17) is 16.3 Å². The molecule has 12 heteroatoms. The van der Waals surface area contributed by atoms with Gasteiger partial charge in [-0.15, -0.1) is 0 Å². The molecule has 1 unspecified atom stereocenters. The number of ether oxygens (including phenoxy) is 1. The Morgan fingerprint density at radius 2 is 2.03 bits per heavy atom. The van der Waals surface area contributed by atoms with E-state index in [-0.39, 0.29) is 29.1 Å². The summed E-state index contributed by atoms with van der Waals surface area (Å²) in [6, 6.07) is 2.12. The molecule has 3 heterocycles. The smallest absolute Gasteiger partial charge is 0.416 e. The van der Waals surface area contributed by atoms with Gasteiger partial charge in [0.25, 0.3) is 0 Å². The average Bonchev–Trinajstić information content (AvgIpc) is 3.38. The van der Waals surface area contributed by atoms with Gasteiger partial charge in [0, 0.05) is 18.5 Å². The van der Waals surface area contributed by atoms with Crippen molar-refractivity contribution in [3.63, 3.8) is 0 Å². The van der Waals surface area contributed by atoms with Gasteiger partial charge in [0.05, 0.1) is 28.8 Å². The van der Waals surface area contributed by atoms with Crippen LogP contribution in [0.25, 0.3) is 5.69 Å². The topological polar surface area (TPSA) is 85.2 Å². The monoisotopic (exact) mass is 466 g/mol. The molecule has 1 N–H and O–H groups in total. The second-order valence-corrected chi connectivity index (χ2v) is 7.63. The normalized spacial score (nSPS) is 17.9. The summed E-state index contributed by atoms with van der Waals surface area (Å²) in [6.07, 6.45) is 2.28. The quantitative estimate of drug-likeness (QED) is 0.540. The van der Waals surface area contributed by atoms with Crippen molar-refractivity contribution in [1.29, 1.82) is 0 Å². The lowest BCUT2D eigenvalue weighted by atomic mass is 10.2. The molecule has 0 saturated carbocycles. The second-order valence-electron chi connectivity index (χ2n) is 7.22. The number of imidazole rings is 1. The zero-order valence-corrected chi connectivity index (χ0v) is 17.7. The first-order valence-corrected chi connectivity index (χ1v) is 10.0. The van der Waals surface area contributed by atoms with Crippen LogP contribution in [0, 0.1) is 11.6 Å². The maximum absolute atomic E-state index is 14.2. The molecular weight excluding hydrogens is 449 g/mol. The zero-order chi connectivity index (χ0) is 23.0. The number of anilines is 2. The van der Waals surface area contributed by atoms with E-state index in [9.17, 15) is 18.0 Å². The summed E-state index contributed by atoms with van der Waals surface area (Å²) in [5.41, 5.74) is 0.444. The van der Waals surface area contributed by atoms with Crippen LogP contribution in [-0.4, -0.2) is 44.4 Å². The number of alkyl halides is 1. The number of cyclic esters (lactones) is 1. The molecule has 4 rings (SSSR count). The Kier molecular flexibility index (Phi) is 5.92. The van der Waals surface area contributed by atoms with Gasteiger partial charge in [-0.2, -0.15) is 4.98 Å². The number of carbonyl (C=O) groups is 1. The highest BCUT2D eigenvalue weighted by Crippen LogP contribution is 2.26. The van der Waals surface area contributed by atoms with Crippen LogP contribution in [0.15, 0.2) is 36.9 Å². The number of rotatable bonds is 6. The minimum Gasteiger partial charge on any atom is -0.447 e. The first kappa shape index (κ1) is 21.9. The minimum atomic E-state index is -1.31. The third-order valence-corrected chi connectivity index (χ3v) is 5.27. The van der Waals surface area contributed by atoms with Crippen molar-refractivity contribution >= 4 is 29.5 Å². The van der Waals surface area contributed by atoms with Crippen LogP contribution in [0.4, 0.5) is 29.7 Å². The summed E-state index contributed by atoms with van der Waals surface area (Å²) in [7, 11) is 0. The first-order chi connectivity index (χ1) is 15.2. The third kappa shape index (κ3) is 4.20. The van der Waals surface area contributed by atoms with E-state index in [2.05, 4.69) is 20.3 Å². The van der Waals surface area contributed by atoms with Crippen molar-refractivity contribution in [3.05, 3.63) is 59.3 Å². The Balaban J connectivity index is 1.53. The van der Waals surface area contributed by atoms with E-state index >= 15 is 0 Å². The highest BCUT2D eigenvalue weighted by molar-refractivity contribution is 6.30. The summed E-state index contributed by atoms with van der Waals surface area (Å²) in [6.45, 7) is 3.03. The molecule has 1 aliphatic rings. The SMILES string of the molecule is C[C@H](Nc1nccc(N2C(=O)OCC2[C@H](C)F)n1)c1cn(-c2cc(F)c(Cl)cc2F)cn1. The molecule has 2 aromatic heterocycles. The molecule has 3 atom stereocenters. The van der Waals surface area contributed by atoms with Gasteiger partial charge in [0.2, 0.25) is 5.95 Å². The Morgan fingerprint density at radius 1 is 1.25 bits per heavy atom. The van der Waals surface area contributed by atoms with Crippen molar-refractivity contribution in [3.8, 4) is 5.69 Å². The Bertz CT molecular complexity index is 1160. The van der Waals surface area contributed by atoms with E-state index in [0.29, 0.717) is 5.69 Å². The van der Waals surface area contributed by atoms with Gasteiger partial charge >= 0.3 is 6.09 Å². The van der Waals surface area contributed by atoms with Gasteiger partial charge in [0.15, 0.2) is 0 Å². The molecule has 0 aliphatic carbocycles. The van der Waals surface area contributed by atoms with E-state index in [1.54, 1.807) is 6.92 Å². The number of amides is 1. The third-order valence-electron chi connectivity index (χ3n) is 4.98. The summed E-state index contributed by atoms with van der Waals surface area (Å²) >= 11 is 5.60. The molecule has 1 aliphatic heterocycles. The summed E-state index contributed by atoms with van der Waals surface area (Å²) in [5, 5.41) is 2.71. The van der Waals surface area contributed by atoms with Gasteiger partial charge in [0.1, 0.15) is 36.3 Å². The van der Waals surface area contributed by atoms with Crippen LogP contribution in [0.1, 0.15) is 25.6 Å². The molecule has 1 fully saturated rings. The van der Waals surface area contributed by atoms with Crippen molar-refractivity contribution in [2.75, 3.05) is 16.8 Å². The van der Waals surface area contributed by atoms with E-state index in [1.165, 1.54) is 36.3 Å². The fraction of sp³-hybridized carbons (Fsp3) is 0.300. The van der Waals surface area contributed by atoms with E-state index in [1.807, 2.05) is 0 Å². The van der Waals surface area contributed by atoms with Gasteiger partial charge in [-0.3, -0.25) is 4.90 Å². The van der Waals surface area contributed by atoms with Gasteiger partial charge in [-0.05, 0) is 26.0 Å². The number of hydrogen-bond acceptors (Lipinski definition) is 6. The van der Waals surface area contributed by atoms with Crippen LogP contribution in [0.2, 0.25) is 5.02 Å². The molecule has 32 heavy (non-hydrogen) atoms. The largest absolute Gasteiger partial charge is 0.447 e. The van der Waals surface area contributed by atoms with Crippen LogP contribution in [0.5, 0.6) is 0 Å². The molecule has 1 aromatic carbocycles. The van der Waals surface area contributed by atoms with Crippen LogP contribution in [0.3, 0.4) is 0 Å². The number of nitrogens with one attached hydrogen (secondary N) is 1. The highest BCUT2D eigenvalue weighted by Gasteiger charge is 2.39. The van der Waals surface area contributed by atoms with Crippen molar-refractivity contribution in [2.45, 2.75) is 32.1 Å². The molecule has 1 saturated heterocycles. The highest BCUT2D eigenvalue weighted by atomic mass is 35.5. The maximum atomic E-state index is 14.2. The van der Waals surface area contributed by atoms with Gasteiger partial charge in [-0.25, -0.2) is 27.9 Å². The maximum Gasteiger partial charge on any atom is 0.416 e. The lowest BCUT2D eigenvalue weighted by Gasteiger charge is -2.21. The lowest BCUT2D eigenvalue weighted by Crippen LogP contribution is -2.39. The van der Waals surface area contributed by atoms with Crippen molar-refractivity contribution in [2.24, 2.45) is 0 Å². The first-order valence-electron chi connectivity index (χ1n) is 9.63. The molecular formula is C20H18ClF3N6O2. The zero-order valence-electron chi connectivity index (χ0n) is 17.0. The second kappa shape index (κ2) is 8.65. The number of halogens is 4. The fourth-order valence-corrected chi connectivity index (χ4v) is 3.41. The van der Waals surface area contributed by atoms with E-state index in [0.717, 1.165) is 17.0 Å². The summed E-state index contributed by atoms with van der Waals surface area (Å²) in [5.74, 6) is -1.10. The number of benzene rings is 1. The Hall–Kier alpha value is -3.34. The molecule has 3 aromatic rings. The Labute approximate surface area is 186 Å². The van der Waals surface area contributed by atoms with Crippen LogP contribution in [-0.2, 0) is 4.74 Å². The predicted octanol–water partition coefficient (Wildman–Crippen LogP) is 4.45. The van der Waals surface area contributed by atoms with Crippen molar-refractivity contribution < 1.29 is 22.7 Å². The number of carbonyl (C=O) groups excluding carboxylic acids is 1. The number of nitrogens with zero attached hydrogens (tertiary/aromatic N) is 5. The van der Waals surface area contributed by atoms with Gasteiger partial charge < -0.3 is 14.6 Å². The molecule has 168 valence electrons. The minimum absolute atomic E-state index is 0.0463. The predicted molar refractivity (Wildman–Crippen MR) is 111 cm³/mol. The standard InChI is InChI=1S/C20H18ClF3N6O2/c1-10(22)17-8-32-20(31)30(17)18-3-4-25-19(28-18)27-11(2)15-7-29(9-26-15)16-6-13(23)12(21)5-14(16)24/h3-7,9-11,17H,8H2,1-2H3,(H,25,27,28)/t10-,11-,17?/m0/s1. The molecule has 0 radical (unpaired) electrons. The molecule has 8 nitrogen and oxygen atoms in total.